The number of hydrogen-bond acceptors (Lipinski definition) is 4. The topological polar surface area (TPSA) is 64.8 Å². The van der Waals surface area contributed by atoms with Crippen molar-refractivity contribution < 1.29 is 14.3 Å². The number of nitrogens with two attached hydrogens (primary N) is 1. The second-order valence-corrected chi connectivity index (χ2v) is 5.27. The molecule has 0 radical (unpaired) electrons. The normalized spacial score (nSPS) is 32.8. The molecule has 5 heteroatoms. The van der Waals surface area contributed by atoms with Crippen LogP contribution in [0, 0.1) is 11.8 Å². The summed E-state index contributed by atoms with van der Waals surface area (Å²) in [6.45, 7) is 3.14. The third-order valence-electron chi connectivity index (χ3n) is 4.08. The molecular formula is C13H24N2O3. The molecule has 0 spiro atoms. The highest BCUT2D eigenvalue weighted by atomic mass is 16.5. The third kappa shape index (κ3) is 3.02. The quantitative estimate of drug-likeness (QED) is 0.782. The van der Waals surface area contributed by atoms with E-state index in [1.165, 1.54) is 0 Å². The van der Waals surface area contributed by atoms with Gasteiger partial charge in [0.2, 0.25) is 5.91 Å². The van der Waals surface area contributed by atoms with Crippen molar-refractivity contribution in [2.24, 2.45) is 17.6 Å². The van der Waals surface area contributed by atoms with Crippen molar-refractivity contribution in [3.8, 4) is 0 Å². The first-order valence-electron chi connectivity index (χ1n) is 6.85. The number of amides is 1. The molecule has 0 bridgehead atoms. The molecule has 2 N–H and O–H groups in total. The summed E-state index contributed by atoms with van der Waals surface area (Å²) in [6.07, 6.45) is 3.24. The van der Waals surface area contributed by atoms with Crippen molar-refractivity contribution >= 4 is 5.91 Å². The number of ether oxygens (including phenoxy) is 2. The molecule has 18 heavy (non-hydrogen) atoms. The minimum Gasteiger partial charge on any atom is -0.382 e. The van der Waals surface area contributed by atoms with E-state index in [2.05, 4.69) is 0 Å². The van der Waals surface area contributed by atoms with Gasteiger partial charge in [-0.15, -0.1) is 0 Å². The zero-order chi connectivity index (χ0) is 13.0. The molecule has 2 fully saturated rings. The molecule has 1 unspecified atom stereocenters. The van der Waals surface area contributed by atoms with E-state index < -0.39 is 0 Å². The van der Waals surface area contributed by atoms with E-state index in [9.17, 15) is 4.79 Å². The Labute approximate surface area is 109 Å². The Morgan fingerprint density at radius 1 is 1.50 bits per heavy atom. The first-order chi connectivity index (χ1) is 8.76. The van der Waals surface area contributed by atoms with E-state index in [0.29, 0.717) is 38.8 Å². The molecule has 1 aliphatic carbocycles. The standard InChI is InChI=1S/C13H24N2O3/c1-17-9-11-8-15(5-6-18-11)13(16)12-4-2-3-10(12)7-14/h10-12H,2-9,14H2,1H3/t10-,11?,12-/m1/s1. The Kier molecular flexibility index (Phi) is 4.97. The predicted molar refractivity (Wildman–Crippen MR) is 68.1 cm³/mol. The molecule has 0 aromatic carbocycles. The molecule has 104 valence electrons. The summed E-state index contributed by atoms with van der Waals surface area (Å²) in [4.78, 5) is 14.4. The van der Waals surface area contributed by atoms with Gasteiger partial charge in [0.25, 0.3) is 0 Å². The van der Waals surface area contributed by atoms with Crippen LogP contribution in [0.1, 0.15) is 19.3 Å². The van der Waals surface area contributed by atoms with E-state index in [-0.39, 0.29) is 17.9 Å². The molecular weight excluding hydrogens is 232 g/mol. The van der Waals surface area contributed by atoms with Crippen LogP contribution in [0.2, 0.25) is 0 Å². The molecule has 1 saturated carbocycles. The van der Waals surface area contributed by atoms with Crippen molar-refractivity contribution in [1.29, 1.82) is 0 Å². The van der Waals surface area contributed by atoms with Crippen LogP contribution < -0.4 is 5.73 Å². The Bertz CT molecular complexity index is 283. The lowest BCUT2D eigenvalue weighted by molar-refractivity contribution is -0.146. The molecule has 0 aromatic rings. The Balaban J connectivity index is 1.91. The molecule has 2 rings (SSSR count). The molecule has 1 aliphatic heterocycles. The lowest BCUT2D eigenvalue weighted by Crippen LogP contribution is -2.49. The van der Waals surface area contributed by atoms with Gasteiger partial charge in [-0.3, -0.25) is 4.79 Å². The van der Waals surface area contributed by atoms with Gasteiger partial charge in [0.05, 0.1) is 19.3 Å². The van der Waals surface area contributed by atoms with Crippen molar-refractivity contribution in [3.63, 3.8) is 0 Å². The van der Waals surface area contributed by atoms with Crippen LogP contribution in [-0.4, -0.2) is 56.9 Å². The van der Waals surface area contributed by atoms with Gasteiger partial charge in [-0.25, -0.2) is 0 Å². The van der Waals surface area contributed by atoms with Crippen molar-refractivity contribution in [3.05, 3.63) is 0 Å². The monoisotopic (exact) mass is 256 g/mol. The van der Waals surface area contributed by atoms with Crippen LogP contribution in [0.5, 0.6) is 0 Å². The fourth-order valence-electron chi connectivity index (χ4n) is 3.08. The van der Waals surface area contributed by atoms with Crippen molar-refractivity contribution in [1.82, 2.24) is 4.90 Å². The summed E-state index contributed by atoms with van der Waals surface area (Å²) < 4.78 is 10.7. The number of carbonyl (C=O) groups excluding carboxylic acids is 1. The maximum Gasteiger partial charge on any atom is 0.226 e. The number of carbonyl (C=O) groups is 1. The van der Waals surface area contributed by atoms with Gasteiger partial charge in [-0.2, -0.15) is 0 Å². The fourth-order valence-corrected chi connectivity index (χ4v) is 3.08. The molecule has 1 heterocycles. The molecule has 1 amide bonds. The largest absolute Gasteiger partial charge is 0.382 e. The summed E-state index contributed by atoms with van der Waals surface area (Å²) in [5.74, 6) is 0.782. The van der Waals surface area contributed by atoms with Gasteiger partial charge in [0.1, 0.15) is 0 Å². The van der Waals surface area contributed by atoms with Crippen LogP contribution >= 0.6 is 0 Å². The number of rotatable bonds is 4. The van der Waals surface area contributed by atoms with Crippen molar-refractivity contribution in [2.45, 2.75) is 25.4 Å². The maximum absolute atomic E-state index is 12.5. The highest BCUT2D eigenvalue weighted by Gasteiger charge is 2.36. The lowest BCUT2D eigenvalue weighted by atomic mass is 9.94. The third-order valence-corrected chi connectivity index (χ3v) is 4.08. The molecule has 2 aliphatic rings. The van der Waals surface area contributed by atoms with Crippen molar-refractivity contribution in [2.75, 3.05) is 40.0 Å². The van der Waals surface area contributed by atoms with E-state index in [1.807, 2.05) is 4.90 Å². The SMILES string of the molecule is COCC1CN(C(=O)[C@@H]2CCC[C@@H]2CN)CCO1. The summed E-state index contributed by atoms with van der Waals surface area (Å²) >= 11 is 0. The molecule has 3 atom stereocenters. The van der Waals surface area contributed by atoms with Crippen LogP contribution in [0.4, 0.5) is 0 Å². The number of hydrogen-bond donors (Lipinski definition) is 1. The fraction of sp³-hybridized carbons (Fsp3) is 0.923. The van der Waals surface area contributed by atoms with Crippen LogP contribution in [0.15, 0.2) is 0 Å². The highest BCUT2D eigenvalue weighted by molar-refractivity contribution is 5.79. The van der Waals surface area contributed by atoms with Crippen LogP contribution in [-0.2, 0) is 14.3 Å². The number of methoxy groups -OCH3 is 1. The smallest absolute Gasteiger partial charge is 0.226 e. The zero-order valence-electron chi connectivity index (χ0n) is 11.1. The first kappa shape index (κ1) is 13.8. The van der Waals surface area contributed by atoms with Gasteiger partial charge in [-0.05, 0) is 25.3 Å². The summed E-state index contributed by atoms with van der Waals surface area (Å²) in [6, 6.07) is 0. The number of morpholine rings is 1. The highest BCUT2D eigenvalue weighted by Crippen LogP contribution is 2.32. The average Bonchev–Trinajstić information content (AvgIpc) is 2.87. The maximum atomic E-state index is 12.5. The average molecular weight is 256 g/mol. The van der Waals surface area contributed by atoms with E-state index in [0.717, 1.165) is 19.3 Å². The van der Waals surface area contributed by atoms with Gasteiger partial charge in [0, 0.05) is 26.1 Å². The van der Waals surface area contributed by atoms with E-state index >= 15 is 0 Å². The Morgan fingerprint density at radius 2 is 2.33 bits per heavy atom. The van der Waals surface area contributed by atoms with Crippen LogP contribution in [0.3, 0.4) is 0 Å². The minimum atomic E-state index is 0.0189. The Hall–Kier alpha value is -0.650. The molecule has 5 nitrogen and oxygen atoms in total. The van der Waals surface area contributed by atoms with E-state index in [1.54, 1.807) is 7.11 Å². The Morgan fingerprint density at radius 3 is 3.06 bits per heavy atom. The van der Waals surface area contributed by atoms with Gasteiger partial charge in [0.15, 0.2) is 0 Å². The van der Waals surface area contributed by atoms with Gasteiger partial charge in [-0.1, -0.05) is 6.42 Å². The van der Waals surface area contributed by atoms with E-state index in [4.69, 9.17) is 15.2 Å². The predicted octanol–water partition coefficient (Wildman–Crippen LogP) is 0.235. The molecule has 1 saturated heterocycles. The van der Waals surface area contributed by atoms with Gasteiger partial charge >= 0.3 is 0 Å². The summed E-state index contributed by atoms with van der Waals surface area (Å²) in [5.41, 5.74) is 5.75. The number of nitrogens with zero attached hydrogens (tertiary/aromatic N) is 1. The molecule has 0 aromatic heterocycles. The zero-order valence-corrected chi connectivity index (χ0v) is 11.1. The van der Waals surface area contributed by atoms with Crippen LogP contribution in [0.25, 0.3) is 0 Å². The second-order valence-electron chi connectivity index (χ2n) is 5.27. The second kappa shape index (κ2) is 6.50. The summed E-state index contributed by atoms with van der Waals surface area (Å²) in [7, 11) is 1.66. The lowest BCUT2D eigenvalue weighted by Gasteiger charge is -2.35. The minimum absolute atomic E-state index is 0.0189. The summed E-state index contributed by atoms with van der Waals surface area (Å²) in [5, 5.41) is 0. The first-order valence-corrected chi connectivity index (χ1v) is 6.85. The van der Waals surface area contributed by atoms with Gasteiger partial charge < -0.3 is 20.1 Å².